The number of nitrogens with two attached hydrogens (primary N) is 1. The number of ether oxygens (including phenoxy) is 1. The maximum absolute atomic E-state index is 11.3. The van der Waals surface area contributed by atoms with E-state index < -0.39 is 0 Å². The molecule has 78 valence electrons. The summed E-state index contributed by atoms with van der Waals surface area (Å²) in [5.74, 6) is 1.85. The lowest BCUT2D eigenvalue weighted by Gasteiger charge is -2.37. The van der Waals surface area contributed by atoms with Gasteiger partial charge in [-0.1, -0.05) is 0 Å². The van der Waals surface area contributed by atoms with Crippen LogP contribution in [0, 0.1) is 12.3 Å². The third-order valence-electron chi connectivity index (χ3n) is 2.66. The van der Waals surface area contributed by atoms with E-state index in [1.54, 1.807) is 12.0 Å². The Balaban J connectivity index is 2.62. The molecule has 14 heavy (non-hydrogen) atoms. The summed E-state index contributed by atoms with van der Waals surface area (Å²) in [6.07, 6.45) is 6.89. The van der Waals surface area contributed by atoms with E-state index in [0.717, 1.165) is 12.8 Å². The number of likely N-dealkylation sites (tertiary alicyclic amines) is 1. The van der Waals surface area contributed by atoms with Crippen LogP contribution in [0.5, 0.6) is 0 Å². The molecule has 1 aliphatic rings. The third-order valence-corrected chi connectivity index (χ3v) is 2.66. The molecule has 1 rings (SSSR count). The normalized spacial score (nSPS) is 27.1. The van der Waals surface area contributed by atoms with E-state index >= 15 is 0 Å². The number of piperidine rings is 1. The van der Waals surface area contributed by atoms with Crippen LogP contribution in [0.25, 0.3) is 0 Å². The van der Waals surface area contributed by atoms with Crippen molar-refractivity contribution in [3.63, 3.8) is 0 Å². The van der Waals surface area contributed by atoms with Gasteiger partial charge in [-0.2, -0.15) is 0 Å². The van der Waals surface area contributed by atoms with Crippen LogP contribution in [0.1, 0.15) is 12.8 Å². The van der Waals surface area contributed by atoms with Gasteiger partial charge in [-0.25, -0.2) is 0 Å². The number of nitrogens with zero attached hydrogens (tertiary/aromatic N) is 1. The molecule has 2 unspecified atom stereocenters. The first-order chi connectivity index (χ1) is 6.72. The van der Waals surface area contributed by atoms with Crippen LogP contribution in [0.15, 0.2) is 0 Å². The number of hydrogen-bond donors (Lipinski definition) is 1. The van der Waals surface area contributed by atoms with Crippen molar-refractivity contribution in [2.45, 2.75) is 25.0 Å². The molecule has 1 saturated heterocycles. The first-order valence-corrected chi connectivity index (χ1v) is 4.73. The van der Waals surface area contributed by atoms with Crippen LogP contribution in [0.2, 0.25) is 0 Å². The van der Waals surface area contributed by atoms with E-state index in [1.807, 2.05) is 0 Å². The van der Waals surface area contributed by atoms with Crippen molar-refractivity contribution in [3.8, 4) is 12.3 Å². The molecule has 2 atom stereocenters. The molecular weight excluding hydrogens is 180 g/mol. The number of rotatable bonds is 2. The van der Waals surface area contributed by atoms with Gasteiger partial charge in [-0.15, -0.1) is 6.42 Å². The highest BCUT2D eigenvalue weighted by atomic mass is 16.5. The molecule has 1 fully saturated rings. The first-order valence-electron chi connectivity index (χ1n) is 4.73. The molecule has 0 saturated carbocycles. The molecule has 1 aliphatic heterocycles. The van der Waals surface area contributed by atoms with Crippen LogP contribution in [0.3, 0.4) is 0 Å². The Bertz CT molecular complexity index is 247. The number of methoxy groups -OCH3 is 1. The Kier molecular flexibility index (Phi) is 3.93. The Morgan fingerprint density at radius 3 is 3.00 bits per heavy atom. The Labute approximate surface area is 84.4 Å². The summed E-state index contributed by atoms with van der Waals surface area (Å²) in [6.45, 7) is 1.08. The van der Waals surface area contributed by atoms with Gasteiger partial charge in [0.2, 0.25) is 0 Å². The summed E-state index contributed by atoms with van der Waals surface area (Å²) in [4.78, 5) is 13.0. The zero-order chi connectivity index (χ0) is 10.6. The monoisotopic (exact) mass is 196 g/mol. The maximum Gasteiger partial charge on any atom is 0.298 e. The van der Waals surface area contributed by atoms with E-state index in [4.69, 9.17) is 16.9 Å². The van der Waals surface area contributed by atoms with Gasteiger partial charge in [0.05, 0.1) is 6.10 Å². The highest BCUT2D eigenvalue weighted by molar-refractivity contribution is 5.93. The highest BCUT2D eigenvalue weighted by Crippen LogP contribution is 2.18. The summed E-state index contributed by atoms with van der Waals surface area (Å²) in [5, 5.41) is 0. The Morgan fingerprint density at radius 1 is 1.79 bits per heavy atom. The fourth-order valence-electron chi connectivity index (χ4n) is 1.80. The summed E-state index contributed by atoms with van der Waals surface area (Å²) in [7, 11) is 1.68. The van der Waals surface area contributed by atoms with Crippen molar-refractivity contribution in [1.82, 2.24) is 4.90 Å². The van der Waals surface area contributed by atoms with Gasteiger partial charge in [0.1, 0.15) is 0 Å². The Hall–Kier alpha value is -1.05. The molecule has 1 heterocycles. The second-order valence-electron chi connectivity index (χ2n) is 3.41. The van der Waals surface area contributed by atoms with E-state index in [1.165, 1.54) is 0 Å². The summed E-state index contributed by atoms with van der Waals surface area (Å²) >= 11 is 0. The van der Waals surface area contributed by atoms with Crippen LogP contribution in [-0.2, 0) is 9.53 Å². The number of carbonyl (C=O) groups excluding carboxylic acids is 1. The fourth-order valence-corrected chi connectivity index (χ4v) is 1.80. The molecule has 0 aromatic heterocycles. The predicted molar refractivity (Wildman–Crippen MR) is 53.4 cm³/mol. The maximum atomic E-state index is 11.3. The number of amides is 1. The molecular formula is C10H16N2O2. The topological polar surface area (TPSA) is 55.6 Å². The zero-order valence-corrected chi connectivity index (χ0v) is 8.40. The molecule has 0 aliphatic carbocycles. The van der Waals surface area contributed by atoms with Gasteiger partial charge >= 0.3 is 0 Å². The molecule has 0 spiro atoms. The first kappa shape index (κ1) is 11.0. The van der Waals surface area contributed by atoms with Gasteiger partial charge in [0.25, 0.3) is 5.91 Å². The van der Waals surface area contributed by atoms with Crippen LogP contribution < -0.4 is 5.73 Å². The van der Waals surface area contributed by atoms with Gasteiger partial charge in [0.15, 0.2) is 0 Å². The van der Waals surface area contributed by atoms with E-state index in [9.17, 15) is 4.79 Å². The predicted octanol–water partition coefficient (Wildman–Crippen LogP) is -0.416. The van der Waals surface area contributed by atoms with Gasteiger partial charge in [-0.05, 0) is 18.8 Å². The lowest BCUT2D eigenvalue weighted by atomic mass is 9.99. The number of carbonyl (C=O) groups is 1. The average Bonchev–Trinajstić information content (AvgIpc) is 2.27. The largest absolute Gasteiger partial charge is 0.381 e. The summed E-state index contributed by atoms with van der Waals surface area (Å²) < 4.78 is 5.24. The van der Waals surface area contributed by atoms with Gasteiger partial charge < -0.3 is 15.4 Å². The van der Waals surface area contributed by atoms with Crippen molar-refractivity contribution < 1.29 is 9.53 Å². The quantitative estimate of drug-likeness (QED) is 0.610. The fraction of sp³-hybridized carbons (Fsp3) is 0.700. The second kappa shape index (κ2) is 4.99. The number of hydrogen-bond acceptors (Lipinski definition) is 3. The third kappa shape index (κ3) is 2.25. The van der Waals surface area contributed by atoms with Crippen molar-refractivity contribution in [2.75, 3.05) is 20.2 Å². The minimum absolute atomic E-state index is 0.0252. The lowest BCUT2D eigenvalue weighted by molar-refractivity contribution is -0.130. The molecule has 1 amide bonds. The van der Waals surface area contributed by atoms with Crippen molar-refractivity contribution in [2.24, 2.45) is 5.73 Å². The van der Waals surface area contributed by atoms with Crippen molar-refractivity contribution >= 4 is 5.91 Å². The minimum atomic E-state index is -0.269. The molecule has 4 heteroatoms. The van der Waals surface area contributed by atoms with Crippen LogP contribution >= 0.6 is 0 Å². The van der Waals surface area contributed by atoms with Crippen LogP contribution in [-0.4, -0.2) is 43.2 Å². The van der Waals surface area contributed by atoms with Crippen LogP contribution in [0.4, 0.5) is 0 Å². The molecule has 4 nitrogen and oxygen atoms in total. The number of terminal acetylenes is 1. The van der Waals surface area contributed by atoms with Gasteiger partial charge in [0, 0.05) is 26.2 Å². The molecule has 0 aromatic carbocycles. The highest BCUT2D eigenvalue weighted by Gasteiger charge is 2.29. The minimum Gasteiger partial charge on any atom is -0.381 e. The van der Waals surface area contributed by atoms with Crippen molar-refractivity contribution in [1.29, 1.82) is 0 Å². The summed E-state index contributed by atoms with van der Waals surface area (Å²) in [6, 6.07) is 0.0252. The average molecular weight is 196 g/mol. The Morgan fingerprint density at radius 2 is 2.50 bits per heavy atom. The second-order valence-corrected chi connectivity index (χ2v) is 3.41. The molecule has 0 aromatic rings. The lowest BCUT2D eigenvalue weighted by Crippen LogP contribution is -2.50. The van der Waals surface area contributed by atoms with E-state index in [-0.39, 0.29) is 18.1 Å². The zero-order valence-electron chi connectivity index (χ0n) is 8.40. The van der Waals surface area contributed by atoms with E-state index in [0.29, 0.717) is 13.1 Å². The summed E-state index contributed by atoms with van der Waals surface area (Å²) in [5.41, 5.74) is 5.59. The molecule has 2 N–H and O–H groups in total. The molecule has 0 bridgehead atoms. The smallest absolute Gasteiger partial charge is 0.298 e. The van der Waals surface area contributed by atoms with Gasteiger partial charge in [-0.3, -0.25) is 4.79 Å². The van der Waals surface area contributed by atoms with Crippen molar-refractivity contribution in [3.05, 3.63) is 0 Å². The standard InChI is InChI=1S/C10H16N2O2/c1-3-10(13)12-5-4-9(14-2)6-8(12)7-11/h1,8-9H,4-7,11H2,2H3. The van der Waals surface area contributed by atoms with E-state index in [2.05, 4.69) is 5.92 Å². The molecule has 0 radical (unpaired) electrons. The SMILES string of the molecule is C#CC(=O)N1CCC(OC)CC1CN.